The average molecular weight is 554 g/mol. The first-order valence-corrected chi connectivity index (χ1v) is 14.0. The van der Waals surface area contributed by atoms with E-state index in [0.717, 1.165) is 61.1 Å². The van der Waals surface area contributed by atoms with Gasteiger partial charge in [-0.2, -0.15) is 0 Å². The van der Waals surface area contributed by atoms with Gasteiger partial charge in [0.15, 0.2) is 17.5 Å². The third-order valence-electron chi connectivity index (χ3n) is 7.45. The van der Waals surface area contributed by atoms with E-state index in [9.17, 15) is 0 Å². The van der Waals surface area contributed by atoms with E-state index in [1.165, 1.54) is 0 Å². The minimum absolute atomic E-state index is 0.606. The Balaban J connectivity index is 1.23. The lowest BCUT2D eigenvalue weighted by Crippen LogP contribution is -2.00. The lowest BCUT2D eigenvalue weighted by atomic mass is 10.0. The van der Waals surface area contributed by atoms with Crippen molar-refractivity contribution in [2.75, 3.05) is 0 Å². The van der Waals surface area contributed by atoms with Crippen molar-refractivity contribution in [1.82, 2.24) is 24.9 Å². The molecule has 0 radical (unpaired) electrons. The quantitative estimate of drug-likeness (QED) is 0.212. The van der Waals surface area contributed by atoms with Crippen molar-refractivity contribution in [3.63, 3.8) is 0 Å². The molecule has 0 atom stereocenters. The van der Waals surface area contributed by atoms with E-state index in [4.69, 9.17) is 19.4 Å². The second kappa shape index (κ2) is 10.4. The molecule has 0 aliphatic carbocycles. The highest BCUT2D eigenvalue weighted by atomic mass is 16.3. The Kier molecular flexibility index (Phi) is 6.01. The van der Waals surface area contributed by atoms with Gasteiger partial charge in [-0.15, -0.1) is 0 Å². The number of furan rings is 1. The SMILES string of the molecule is c1ccc(-c2nc(-c3ccccc3)nc(-c3ccc4oc5ccc(-c6ccc(-c7ccccn7)nc6)cc5c4c3)n2)cc1. The fraction of sp³-hybridized carbons (Fsp3) is 0. The molecule has 6 nitrogen and oxygen atoms in total. The molecule has 202 valence electrons. The van der Waals surface area contributed by atoms with Gasteiger partial charge >= 0.3 is 0 Å². The summed E-state index contributed by atoms with van der Waals surface area (Å²) < 4.78 is 6.22. The topological polar surface area (TPSA) is 77.6 Å². The molecule has 6 heteroatoms. The Bertz CT molecular complexity index is 2150. The van der Waals surface area contributed by atoms with Crippen molar-refractivity contribution in [3.8, 4) is 56.7 Å². The van der Waals surface area contributed by atoms with Crippen LogP contribution in [-0.4, -0.2) is 24.9 Å². The lowest BCUT2D eigenvalue weighted by molar-refractivity contribution is 0.669. The van der Waals surface area contributed by atoms with E-state index >= 15 is 0 Å². The number of nitrogens with zero attached hydrogens (tertiary/aromatic N) is 5. The fourth-order valence-corrected chi connectivity index (χ4v) is 5.26. The normalized spacial score (nSPS) is 11.3. The first kappa shape index (κ1) is 24.8. The van der Waals surface area contributed by atoms with Crippen LogP contribution < -0.4 is 0 Å². The highest BCUT2D eigenvalue weighted by molar-refractivity contribution is 6.07. The van der Waals surface area contributed by atoms with Crippen LogP contribution in [0.4, 0.5) is 0 Å². The zero-order valence-corrected chi connectivity index (χ0v) is 22.9. The van der Waals surface area contributed by atoms with Crippen LogP contribution in [0.5, 0.6) is 0 Å². The summed E-state index contributed by atoms with van der Waals surface area (Å²) in [6.45, 7) is 0. The highest BCUT2D eigenvalue weighted by Gasteiger charge is 2.15. The van der Waals surface area contributed by atoms with Gasteiger partial charge < -0.3 is 4.42 Å². The number of pyridine rings is 2. The van der Waals surface area contributed by atoms with Crippen LogP contribution in [-0.2, 0) is 0 Å². The van der Waals surface area contributed by atoms with Gasteiger partial charge in [0.1, 0.15) is 11.2 Å². The third-order valence-corrected chi connectivity index (χ3v) is 7.45. The Hall–Kier alpha value is -6.01. The van der Waals surface area contributed by atoms with Crippen LogP contribution in [0.3, 0.4) is 0 Å². The lowest BCUT2D eigenvalue weighted by Gasteiger charge is -2.08. The predicted molar refractivity (Wildman–Crippen MR) is 170 cm³/mol. The zero-order chi connectivity index (χ0) is 28.6. The number of hydrogen-bond donors (Lipinski definition) is 0. The zero-order valence-electron chi connectivity index (χ0n) is 22.9. The standard InChI is InChI=1S/C37H23N5O/c1-3-9-24(10-4-1)35-40-36(25-11-5-2-6-12-25)42-37(41-35)27-16-19-34-30(22-27)29-21-26(15-18-33(29)43-34)28-14-17-32(39-23-28)31-13-7-8-20-38-31/h1-23H. The van der Waals surface area contributed by atoms with Crippen molar-refractivity contribution >= 4 is 21.9 Å². The van der Waals surface area contributed by atoms with Gasteiger partial charge in [-0.3, -0.25) is 9.97 Å². The average Bonchev–Trinajstić information content (AvgIpc) is 3.46. The maximum absolute atomic E-state index is 6.22. The fourth-order valence-electron chi connectivity index (χ4n) is 5.26. The van der Waals surface area contributed by atoms with Crippen LogP contribution in [0.1, 0.15) is 0 Å². The second-order valence-corrected chi connectivity index (χ2v) is 10.2. The molecule has 0 aliphatic heterocycles. The smallest absolute Gasteiger partial charge is 0.164 e. The molecule has 4 heterocycles. The summed E-state index contributed by atoms with van der Waals surface area (Å²) in [6.07, 6.45) is 3.67. The van der Waals surface area contributed by atoms with Crippen molar-refractivity contribution in [2.45, 2.75) is 0 Å². The molecule has 0 bridgehead atoms. The maximum atomic E-state index is 6.22. The third kappa shape index (κ3) is 4.71. The molecule has 0 spiro atoms. The van der Waals surface area contributed by atoms with E-state index in [1.54, 1.807) is 6.20 Å². The molecule has 0 saturated heterocycles. The van der Waals surface area contributed by atoms with E-state index in [-0.39, 0.29) is 0 Å². The van der Waals surface area contributed by atoms with Gasteiger partial charge in [0.05, 0.1) is 11.4 Å². The number of aromatic nitrogens is 5. The molecular weight excluding hydrogens is 530 g/mol. The largest absolute Gasteiger partial charge is 0.456 e. The van der Waals surface area contributed by atoms with Crippen LogP contribution >= 0.6 is 0 Å². The van der Waals surface area contributed by atoms with E-state index in [2.05, 4.69) is 34.2 Å². The molecule has 0 amide bonds. The maximum Gasteiger partial charge on any atom is 0.164 e. The van der Waals surface area contributed by atoms with E-state index in [0.29, 0.717) is 17.5 Å². The molecule has 0 N–H and O–H groups in total. The monoisotopic (exact) mass is 553 g/mol. The first-order valence-electron chi connectivity index (χ1n) is 14.0. The Morgan fingerprint density at radius 1 is 0.395 bits per heavy atom. The summed E-state index contributed by atoms with van der Waals surface area (Å²) in [6, 6.07) is 42.2. The predicted octanol–water partition coefficient (Wildman–Crippen LogP) is 8.90. The van der Waals surface area contributed by atoms with Gasteiger partial charge in [-0.1, -0.05) is 78.9 Å². The molecule has 43 heavy (non-hydrogen) atoms. The summed E-state index contributed by atoms with van der Waals surface area (Å²) in [4.78, 5) is 23.7. The van der Waals surface area contributed by atoms with Crippen LogP contribution in [0, 0.1) is 0 Å². The van der Waals surface area contributed by atoms with Crippen LogP contribution in [0.25, 0.3) is 78.6 Å². The Morgan fingerprint density at radius 2 is 0.930 bits per heavy atom. The summed E-state index contributed by atoms with van der Waals surface area (Å²) in [5, 5.41) is 2.01. The second-order valence-electron chi connectivity index (χ2n) is 10.2. The molecule has 4 aromatic carbocycles. The summed E-state index contributed by atoms with van der Waals surface area (Å²) >= 11 is 0. The first-order chi connectivity index (χ1) is 21.3. The van der Waals surface area contributed by atoms with Crippen molar-refractivity contribution < 1.29 is 4.42 Å². The van der Waals surface area contributed by atoms with Crippen molar-refractivity contribution in [1.29, 1.82) is 0 Å². The van der Waals surface area contributed by atoms with Gasteiger partial charge in [0, 0.05) is 45.4 Å². The highest BCUT2D eigenvalue weighted by Crippen LogP contribution is 2.35. The molecule has 0 unspecified atom stereocenters. The molecule has 0 aliphatic rings. The van der Waals surface area contributed by atoms with Crippen molar-refractivity contribution in [3.05, 3.63) is 140 Å². The van der Waals surface area contributed by atoms with Gasteiger partial charge in [-0.05, 0) is 54.1 Å². The summed E-state index contributed by atoms with van der Waals surface area (Å²) in [5.41, 5.74) is 8.14. The molecule has 8 rings (SSSR count). The van der Waals surface area contributed by atoms with Crippen LogP contribution in [0.2, 0.25) is 0 Å². The van der Waals surface area contributed by atoms with E-state index < -0.39 is 0 Å². The Labute approximate surface area is 247 Å². The molecule has 8 aromatic rings. The van der Waals surface area contributed by atoms with Gasteiger partial charge in [0.25, 0.3) is 0 Å². The Morgan fingerprint density at radius 3 is 1.51 bits per heavy atom. The molecule has 0 saturated carbocycles. The summed E-state index contributed by atoms with van der Waals surface area (Å²) in [5.74, 6) is 1.87. The molecule has 4 aromatic heterocycles. The van der Waals surface area contributed by atoms with Gasteiger partial charge in [-0.25, -0.2) is 15.0 Å². The minimum atomic E-state index is 0.606. The van der Waals surface area contributed by atoms with Crippen LogP contribution in [0.15, 0.2) is 144 Å². The number of fused-ring (bicyclic) bond motifs is 3. The van der Waals surface area contributed by atoms with E-state index in [1.807, 2.05) is 109 Å². The number of hydrogen-bond acceptors (Lipinski definition) is 6. The number of benzene rings is 4. The van der Waals surface area contributed by atoms with Gasteiger partial charge in [0.2, 0.25) is 0 Å². The molecule has 0 fully saturated rings. The number of rotatable bonds is 5. The molecular formula is C37H23N5O. The van der Waals surface area contributed by atoms with Crippen molar-refractivity contribution in [2.24, 2.45) is 0 Å². The minimum Gasteiger partial charge on any atom is -0.456 e. The summed E-state index contributed by atoms with van der Waals surface area (Å²) in [7, 11) is 0.